The van der Waals surface area contributed by atoms with Crippen LogP contribution in [0.4, 0.5) is 0 Å². The number of nitrogens with one attached hydrogen (secondary N) is 1. The van der Waals surface area contributed by atoms with Crippen molar-refractivity contribution < 1.29 is 10.2 Å². The zero-order valence-corrected chi connectivity index (χ0v) is 6.30. The summed E-state index contributed by atoms with van der Waals surface area (Å²) in [6.45, 7) is 1.95. The molecule has 1 atom stereocenters. The molecule has 0 heterocycles. The first-order valence-electron chi connectivity index (χ1n) is 3.71. The van der Waals surface area contributed by atoms with Crippen molar-refractivity contribution in [1.82, 2.24) is 5.32 Å². The van der Waals surface area contributed by atoms with Crippen LogP contribution in [-0.2, 0) is 0 Å². The minimum Gasteiger partial charge on any atom is -0.393 e. The van der Waals surface area contributed by atoms with Gasteiger partial charge >= 0.3 is 0 Å². The fourth-order valence-electron chi connectivity index (χ4n) is 0.708. The molecule has 1 rings (SSSR count). The van der Waals surface area contributed by atoms with Crippen LogP contribution in [0.2, 0.25) is 0 Å². The summed E-state index contributed by atoms with van der Waals surface area (Å²) in [5, 5.41) is 21.1. The van der Waals surface area contributed by atoms with Gasteiger partial charge in [0.1, 0.15) is 0 Å². The molecule has 0 bridgehead atoms. The highest BCUT2D eigenvalue weighted by atomic mass is 16.3. The standard InChI is InChI=1S/C7H15NO2/c1-7(10,5-9)4-8-6-2-3-6/h6,8-10H,2-5H2,1H3. The van der Waals surface area contributed by atoms with E-state index in [0.29, 0.717) is 12.6 Å². The van der Waals surface area contributed by atoms with E-state index < -0.39 is 5.60 Å². The van der Waals surface area contributed by atoms with Gasteiger partial charge in [-0.2, -0.15) is 0 Å². The van der Waals surface area contributed by atoms with E-state index in [1.807, 2.05) is 0 Å². The molecule has 1 saturated carbocycles. The van der Waals surface area contributed by atoms with Gasteiger partial charge in [0.25, 0.3) is 0 Å². The van der Waals surface area contributed by atoms with Crippen LogP contribution < -0.4 is 5.32 Å². The maximum atomic E-state index is 9.29. The van der Waals surface area contributed by atoms with Crippen molar-refractivity contribution in [2.24, 2.45) is 0 Å². The maximum Gasteiger partial charge on any atom is 0.0972 e. The maximum absolute atomic E-state index is 9.29. The van der Waals surface area contributed by atoms with Crippen molar-refractivity contribution in [3.05, 3.63) is 0 Å². The first-order valence-corrected chi connectivity index (χ1v) is 3.71. The van der Waals surface area contributed by atoms with E-state index in [1.165, 1.54) is 12.8 Å². The zero-order valence-electron chi connectivity index (χ0n) is 6.30. The lowest BCUT2D eigenvalue weighted by molar-refractivity contribution is 0.00251. The Morgan fingerprint density at radius 1 is 1.60 bits per heavy atom. The quantitative estimate of drug-likeness (QED) is 0.499. The molecular weight excluding hydrogens is 130 g/mol. The lowest BCUT2D eigenvalue weighted by Gasteiger charge is -2.20. The Morgan fingerprint density at radius 3 is 2.60 bits per heavy atom. The first-order chi connectivity index (χ1) is 4.64. The van der Waals surface area contributed by atoms with Crippen molar-refractivity contribution >= 4 is 0 Å². The molecule has 60 valence electrons. The van der Waals surface area contributed by atoms with Crippen LogP contribution in [0.3, 0.4) is 0 Å². The van der Waals surface area contributed by atoms with E-state index in [4.69, 9.17) is 5.11 Å². The lowest BCUT2D eigenvalue weighted by Crippen LogP contribution is -2.41. The number of aliphatic hydroxyl groups is 2. The number of aliphatic hydroxyl groups excluding tert-OH is 1. The van der Waals surface area contributed by atoms with Gasteiger partial charge in [-0.05, 0) is 19.8 Å². The molecule has 0 aromatic rings. The van der Waals surface area contributed by atoms with Gasteiger partial charge in [-0.15, -0.1) is 0 Å². The lowest BCUT2D eigenvalue weighted by atomic mass is 10.1. The zero-order chi connectivity index (χ0) is 7.61. The number of rotatable bonds is 4. The minimum absolute atomic E-state index is 0.174. The first kappa shape index (κ1) is 7.98. The summed E-state index contributed by atoms with van der Waals surface area (Å²) in [6.07, 6.45) is 2.42. The van der Waals surface area contributed by atoms with E-state index in [-0.39, 0.29) is 6.61 Å². The Balaban J connectivity index is 2.09. The summed E-state index contributed by atoms with van der Waals surface area (Å²) in [5.41, 5.74) is -0.942. The van der Waals surface area contributed by atoms with Gasteiger partial charge in [-0.25, -0.2) is 0 Å². The summed E-state index contributed by atoms with van der Waals surface area (Å²) in [5.74, 6) is 0. The van der Waals surface area contributed by atoms with Crippen LogP contribution in [0.15, 0.2) is 0 Å². The molecule has 0 aromatic carbocycles. The SMILES string of the molecule is CC(O)(CO)CNC1CC1. The fourth-order valence-corrected chi connectivity index (χ4v) is 0.708. The number of hydrogen-bond acceptors (Lipinski definition) is 3. The molecule has 1 aliphatic rings. The van der Waals surface area contributed by atoms with Crippen molar-refractivity contribution in [3.8, 4) is 0 Å². The minimum atomic E-state index is -0.942. The Hall–Kier alpha value is -0.120. The Bertz CT molecular complexity index is 110. The third-order valence-corrected chi connectivity index (χ3v) is 1.69. The summed E-state index contributed by atoms with van der Waals surface area (Å²) in [7, 11) is 0. The highest BCUT2D eigenvalue weighted by molar-refractivity contribution is 4.85. The van der Waals surface area contributed by atoms with Crippen LogP contribution in [0.25, 0.3) is 0 Å². The van der Waals surface area contributed by atoms with Gasteiger partial charge in [-0.3, -0.25) is 0 Å². The fraction of sp³-hybridized carbons (Fsp3) is 1.00. The molecule has 0 spiro atoms. The molecule has 3 heteroatoms. The smallest absolute Gasteiger partial charge is 0.0972 e. The molecule has 0 saturated heterocycles. The summed E-state index contributed by atoms with van der Waals surface area (Å²) >= 11 is 0. The van der Waals surface area contributed by atoms with Gasteiger partial charge in [0.15, 0.2) is 0 Å². The molecule has 0 aromatic heterocycles. The van der Waals surface area contributed by atoms with Crippen molar-refractivity contribution in [1.29, 1.82) is 0 Å². The predicted octanol–water partition coefficient (Wildman–Crippen LogP) is -0.518. The van der Waals surface area contributed by atoms with E-state index in [1.54, 1.807) is 6.92 Å². The van der Waals surface area contributed by atoms with Crippen LogP contribution >= 0.6 is 0 Å². The van der Waals surface area contributed by atoms with Gasteiger partial charge in [0, 0.05) is 12.6 Å². The second-order valence-electron chi connectivity index (χ2n) is 3.31. The van der Waals surface area contributed by atoms with Crippen molar-refractivity contribution in [3.63, 3.8) is 0 Å². The summed E-state index contributed by atoms with van der Waals surface area (Å²) < 4.78 is 0. The second-order valence-corrected chi connectivity index (χ2v) is 3.31. The molecule has 3 nitrogen and oxygen atoms in total. The van der Waals surface area contributed by atoms with Crippen molar-refractivity contribution in [2.75, 3.05) is 13.2 Å². The Morgan fingerprint density at radius 2 is 2.20 bits per heavy atom. The number of hydrogen-bond donors (Lipinski definition) is 3. The Labute approximate surface area is 61.1 Å². The summed E-state index contributed by atoms with van der Waals surface area (Å²) in [4.78, 5) is 0. The van der Waals surface area contributed by atoms with Gasteiger partial charge in [0.05, 0.1) is 12.2 Å². The summed E-state index contributed by atoms with van der Waals surface area (Å²) in [6, 6.07) is 0.595. The van der Waals surface area contributed by atoms with E-state index in [9.17, 15) is 5.11 Å². The van der Waals surface area contributed by atoms with Crippen LogP contribution in [-0.4, -0.2) is 35.0 Å². The largest absolute Gasteiger partial charge is 0.393 e. The van der Waals surface area contributed by atoms with Crippen molar-refractivity contribution in [2.45, 2.75) is 31.4 Å². The third-order valence-electron chi connectivity index (χ3n) is 1.69. The van der Waals surface area contributed by atoms with Gasteiger partial charge in [-0.1, -0.05) is 0 Å². The van der Waals surface area contributed by atoms with Crippen LogP contribution in [0.5, 0.6) is 0 Å². The van der Waals surface area contributed by atoms with Gasteiger partial charge in [0.2, 0.25) is 0 Å². The second kappa shape index (κ2) is 2.86. The monoisotopic (exact) mass is 145 g/mol. The highest BCUT2D eigenvalue weighted by Crippen LogP contribution is 2.19. The molecule has 0 radical (unpaired) electrons. The molecule has 1 unspecified atom stereocenters. The third kappa shape index (κ3) is 2.64. The van der Waals surface area contributed by atoms with E-state index in [2.05, 4.69) is 5.32 Å². The van der Waals surface area contributed by atoms with Gasteiger partial charge < -0.3 is 15.5 Å². The topological polar surface area (TPSA) is 52.5 Å². The highest BCUT2D eigenvalue weighted by Gasteiger charge is 2.25. The molecule has 1 aliphatic carbocycles. The molecule has 3 N–H and O–H groups in total. The van der Waals surface area contributed by atoms with Crippen LogP contribution in [0, 0.1) is 0 Å². The molecule has 10 heavy (non-hydrogen) atoms. The molecule has 0 amide bonds. The molecule has 1 fully saturated rings. The Kier molecular flexibility index (Phi) is 2.28. The normalized spacial score (nSPS) is 24.3. The average Bonchev–Trinajstić information content (AvgIpc) is 2.66. The molecule has 0 aliphatic heterocycles. The molecular formula is C7H15NO2. The predicted molar refractivity (Wildman–Crippen MR) is 38.7 cm³/mol. The van der Waals surface area contributed by atoms with Crippen LogP contribution in [0.1, 0.15) is 19.8 Å². The van der Waals surface area contributed by atoms with E-state index in [0.717, 1.165) is 0 Å². The van der Waals surface area contributed by atoms with E-state index >= 15 is 0 Å². The average molecular weight is 145 g/mol.